The third kappa shape index (κ3) is 4.23. The van der Waals surface area contributed by atoms with E-state index in [2.05, 4.69) is 4.74 Å². The van der Waals surface area contributed by atoms with Crippen LogP contribution < -0.4 is 5.32 Å². The van der Waals surface area contributed by atoms with E-state index in [1.165, 1.54) is 6.92 Å². The Morgan fingerprint density at radius 3 is 2.28 bits per heavy atom. The summed E-state index contributed by atoms with van der Waals surface area (Å²) in [5.41, 5.74) is 0. The van der Waals surface area contributed by atoms with E-state index in [1.807, 2.05) is 17.5 Å². The number of esters is 1. The zero-order valence-corrected chi connectivity index (χ0v) is 14.0. The predicted molar refractivity (Wildman–Crippen MR) is 82.8 cm³/mol. The molecule has 0 aromatic carbocycles. The Hall–Kier alpha value is -2.71. The molecule has 2 rings (SSSR count). The second-order valence-corrected chi connectivity index (χ2v) is 5.85. The van der Waals surface area contributed by atoms with Gasteiger partial charge in [-0.1, -0.05) is 12.2 Å². The lowest BCUT2D eigenvalue weighted by Crippen LogP contribution is -2.40. The maximum absolute atomic E-state index is 12.3. The number of likely N-dealkylation sites (tertiary alicyclic amines) is 1. The van der Waals surface area contributed by atoms with E-state index in [9.17, 15) is 24.0 Å². The summed E-state index contributed by atoms with van der Waals surface area (Å²) >= 11 is 0. The first-order valence-corrected chi connectivity index (χ1v) is 7.93. The number of imide groups is 2. The van der Waals surface area contributed by atoms with Gasteiger partial charge in [0.25, 0.3) is 5.91 Å². The minimum atomic E-state index is -1.21. The first-order valence-electron chi connectivity index (χ1n) is 7.93. The second kappa shape index (κ2) is 7.91. The summed E-state index contributed by atoms with van der Waals surface area (Å²) in [5.74, 6) is -2.82. The molecule has 1 saturated heterocycles. The monoisotopic (exact) mass is 352 g/mol. The van der Waals surface area contributed by atoms with E-state index in [-0.39, 0.29) is 36.6 Å². The molecule has 3 atom stereocenters. The number of rotatable bonds is 5. The van der Waals surface area contributed by atoms with Crippen LogP contribution in [0.15, 0.2) is 12.2 Å². The highest BCUT2D eigenvalue weighted by Gasteiger charge is 2.47. The Kier molecular flexibility index (Phi) is 5.89. The zero-order chi connectivity index (χ0) is 18.6. The smallest absolute Gasteiger partial charge is 0.413 e. The van der Waals surface area contributed by atoms with Crippen LogP contribution in [0.4, 0.5) is 4.79 Å². The van der Waals surface area contributed by atoms with Crippen molar-refractivity contribution in [2.45, 2.75) is 32.3 Å². The molecular weight excluding hydrogens is 332 g/mol. The number of alkyl carbamates (subject to hydrolysis) is 1. The quantitative estimate of drug-likeness (QED) is 0.425. The second-order valence-electron chi connectivity index (χ2n) is 5.85. The molecule has 0 saturated carbocycles. The standard InChI is InChI=1S/C16H20N2O7/c1-9(13(20)17-16(23)24-2)25-12(19)7-8-18-14(21)10-5-3-4-6-11(10)15(18)22/h3-4,9-11H,5-8H2,1-2H3,(H,17,20,23)/t9-,10-,11+/m0/s1. The minimum Gasteiger partial charge on any atom is -0.453 e. The molecule has 0 aromatic rings. The van der Waals surface area contributed by atoms with Gasteiger partial charge in [0, 0.05) is 6.54 Å². The molecule has 2 aliphatic rings. The van der Waals surface area contributed by atoms with Crippen LogP contribution in [0, 0.1) is 11.8 Å². The van der Waals surface area contributed by atoms with Crippen LogP contribution in [0.5, 0.6) is 0 Å². The molecule has 9 heteroatoms. The number of ether oxygens (including phenoxy) is 2. The third-order valence-electron chi connectivity index (χ3n) is 4.23. The number of methoxy groups -OCH3 is 1. The number of carbonyl (C=O) groups excluding carboxylic acids is 5. The summed E-state index contributed by atoms with van der Waals surface area (Å²) in [7, 11) is 1.09. The first-order chi connectivity index (χ1) is 11.8. The van der Waals surface area contributed by atoms with E-state index < -0.39 is 24.1 Å². The van der Waals surface area contributed by atoms with Gasteiger partial charge < -0.3 is 9.47 Å². The summed E-state index contributed by atoms with van der Waals surface area (Å²) in [6, 6.07) is 0. The average Bonchev–Trinajstić information content (AvgIpc) is 2.84. The van der Waals surface area contributed by atoms with Crippen molar-refractivity contribution < 1.29 is 33.4 Å². The molecule has 0 radical (unpaired) electrons. The number of carbonyl (C=O) groups is 5. The molecule has 4 amide bonds. The van der Waals surface area contributed by atoms with Gasteiger partial charge in [0.1, 0.15) is 0 Å². The number of fused-ring (bicyclic) bond motifs is 1. The highest BCUT2D eigenvalue weighted by molar-refractivity contribution is 6.05. The van der Waals surface area contributed by atoms with E-state index in [4.69, 9.17) is 4.74 Å². The van der Waals surface area contributed by atoms with Crippen molar-refractivity contribution in [3.63, 3.8) is 0 Å². The Balaban J connectivity index is 1.82. The van der Waals surface area contributed by atoms with Crippen LogP contribution in [0.1, 0.15) is 26.2 Å². The zero-order valence-electron chi connectivity index (χ0n) is 14.0. The predicted octanol–water partition coefficient (Wildman–Crippen LogP) is 0.142. The molecular formula is C16H20N2O7. The van der Waals surface area contributed by atoms with Crippen LogP contribution in [0.25, 0.3) is 0 Å². The van der Waals surface area contributed by atoms with Crippen LogP contribution in [-0.2, 0) is 28.7 Å². The van der Waals surface area contributed by atoms with E-state index >= 15 is 0 Å². The Bertz CT molecular complexity index is 602. The number of allylic oxidation sites excluding steroid dienone is 2. The molecule has 0 aromatic heterocycles. The van der Waals surface area contributed by atoms with Crippen LogP contribution in [-0.4, -0.2) is 54.4 Å². The fourth-order valence-electron chi connectivity index (χ4n) is 2.86. The third-order valence-corrected chi connectivity index (χ3v) is 4.23. The van der Waals surface area contributed by atoms with Gasteiger partial charge in [-0.2, -0.15) is 0 Å². The lowest BCUT2D eigenvalue weighted by molar-refractivity contribution is -0.155. The van der Waals surface area contributed by atoms with Gasteiger partial charge in [-0.3, -0.25) is 29.4 Å². The minimum absolute atomic E-state index is 0.0885. The van der Waals surface area contributed by atoms with Crippen LogP contribution in [0.2, 0.25) is 0 Å². The van der Waals surface area contributed by atoms with Gasteiger partial charge in [0.2, 0.25) is 11.8 Å². The van der Waals surface area contributed by atoms with E-state index in [1.54, 1.807) is 0 Å². The van der Waals surface area contributed by atoms with Crippen molar-refractivity contribution in [2.75, 3.05) is 13.7 Å². The van der Waals surface area contributed by atoms with Gasteiger partial charge in [0.15, 0.2) is 6.10 Å². The van der Waals surface area contributed by atoms with Gasteiger partial charge >= 0.3 is 12.1 Å². The number of nitrogens with zero attached hydrogens (tertiary/aromatic N) is 1. The maximum atomic E-state index is 12.3. The topological polar surface area (TPSA) is 119 Å². The van der Waals surface area contributed by atoms with Crippen molar-refractivity contribution in [3.05, 3.63) is 12.2 Å². The normalized spacial score (nSPS) is 23.0. The largest absolute Gasteiger partial charge is 0.453 e. The van der Waals surface area contributed by atoms with Crippen LogP contribution >= 0.6 is 0 Å². The molecule has 1 N–H and O–H groups in total. The fraction of sp³-hybridized carbons (Fsp3) is 0.562. The molecule has 1 heterocycles. The van der Waals surface area contributed by atoms with Gasteiger partial charge in [-0.05, 0) is 19.8 Å². The Morgan fingerprint density at radius 1 is 1.20 bits per heavy atom. The van der Waals surface area contributed by atoms with Crippen LogP contribution in [0.3, 0.4) is 0 Å². The summed E-state index contributed by atoms with van der Waals surface area (Å²) in [6.07, 6.45) is 2.43. The summed E-state index contributed by atoms with van der Waals surface area (Å²) in [4.78, 5) is 59.9. The number of hydrogen-bond acceptors (Lipinski definition) is 7. The highest BCUT2D eigenvalue weighted by atomic mass is 16.6. The lowest BCUT2D eigenvalue weighted by Gasteiger charge is -2.16. The van der Waals surface area contributed by atoms with E-state index in [0.717, 1.165) is 12.0 Å². The van der Waals surface area contributed by atoms with Gasteiger partial charge in [-0.25, -0.2) is 4.79 Å². The highest BCUT2D eigenvalue weighted by Crippen LogP contribution is 2.34. The average molecular weight is 352 g/mol. The van der Waals surface area contributed by atoms with Gasteiger partial charge in [-0.15, -0.1) is 0 Å². The lowest BCUT2D eigenvalue weighted by atomic mass is 9.85. The van der Waals surface area contributed by atoms with E-state index in [0.29, 0.717) is 12.8 Å². The molecule has 1 aliphatic carbocycles. The number of amides is 4. The van der Waals surface area contributed by atoms with Gasteiger partial charge in [0.05, 0.1) is 25.4 Å². The molecule has 1 aliphatic heterocycles. The van der Waals surface area contributed by atoms with Crippen molar-refractivity contribution >= 4 is 29.8 Å². The molecule has 9 nitrogen and oxygen atoms in total. The van der Waals surface area contributed by atoms with Crippen molar-refractivity contribution in [1.29, 1.82) is 0 Å². The summed E-state index contributed by atoms with van der Waals surface area (Å²) < 4.78 is 9.15. The van der Waals surface area contributed by atoms with Crippen molar-refractivity contribution in [1.82, 2.24) is 10.2 Å². The molecule has 0 unspecified atom stereocenters. The van der Waals surface area contributed by atoms with Crippen molar-refractivity contribution in [2.24, 2.45) is 11.8 Å². The molecule has 0 spiro atoms. The Labute approximate surface area is 144 Å². The molecule has 0 bridgehead atoms. The number of hydrogen-bond donors (Lipinski definition) is 1. The molecule has 25 heavy (non-hydrogen) atoms. The molecule has 1 fully saturated rings. The Morgan fingerprint density at radius 2 is 1.76 bits per heavy atom. The fourth-order valence-corrected chi connectivity index (χ4v) is 2.86. The maximum Gasteiger partial charge on any atom is 0.413 e. The van der Waals surface area contributed by atoms with Crippen molar-refractivity contribution in [3.8, 4) is 0 Å². The number of nitrogens with one attached hydrogen (secondary N) is 1. The first kappa shape index (κ1) is 18.6. The summed E-state index contributed by atoms with van der Waals surface area (Å²) in [6.45, 7) is 1.21. The SMILES string of the molecule is COC(=O)NC(=O)[C@H](C)OC(=O)CCN1C(=O)[C@H]2CC=CC[C@H]2C1=O. The molecule has 136 valence electrons. The summed E-state index contributed by atoms with van der Waals surface area (Å²) in [5, 5.41) is 1.88.